The number of hydrogen-bond acceptors (Lipinski definition) is 6. The van der Waals surface area contributed by atoms with E-state index in [-0.39, 0.29) is 10.8 Å². The Bertz CT molecular complexity index is 757. The van der Waals surface area contributed by atoms with Crippen LogP contribution >= 0.6 is 0 Å². The zero-order chi connectivity index (χ0) is 15.5. The van der Waals surface area contributed by atoms with Gasteiger partial charge in [-0.3, -0.25) is 15.6 Å². The highest BCUT2D eigenvalue weighted by Gasteiger charge is 2.12. The number of amides is 1. The number of pyridine rings is 1. The number of nitrogens with zero attached hydrogens (tertiary/aromatic N) is 1. The molecule has 0 radical (unpaired) electrons. The first-order valence-corrected chi connectivity index (χ1v) is 7.83. The molecule has 1 heterocycles. The molecule has 0 aliphatic heterocycles. The summed E-state index contributed by atoms with van der Waals surface area (Å²) in [5.74, 6) is 4.94. The van der Waals surface area contributed by atoms with Gasteiger partial charge >= 0.3 is 0 Å². The van der Waals surface area contributed by atoms with Crippen molar-refractivity contribution < 1.29 is 13.2 Å². The molecule has 8 heteroatoms. The number of rotatable bonds is 4. The Kier molecular flexibility index (Phi) is 4.20. The molecule has 21 heavy (non-hydrogen) atoms. The summed E-state index contributed by atoms with van der Waals surface area (Å²) < 4.78 is 22.7. The maximum Gasteiger partial charge on any atom is 0.257 e. The van der Waals surface area contributed by atoms with Crippen LogP contribution in [0.2, 0.25) is 0 Å². The zero-order valence-corrected chi connectivity index (χ0v) is 12.0. The van der Waals surface area contributed by atoms with Crippen molar-refractivity contribution in [2.75, 3.05) is 17.0 Å². The number of aromatic nitrogens is 1. The summed E-state index contributed by atoms with van der Waals surface area (Å²) in [4.78, 5) is 16.2. The molecule has 2 aromatic rings. The molecule has 0 spiro atoms. The van der Waals surface area contributed by atoms with Crippen LogP contribution in [0.1, 0.15) is 10.4 Å². The van der Waals surface area contributed by atoms with E-state index >= 15 is 0 Å². The molecule has 7 nitrogen and oxygen atoms in total. The molecule has 1 aromatic carbocycles. The second kappa shape index (κ2) is 5.90. The van der Waals surface area contributed by atoms with E-state index in [0.29, 0.717) is 16.9 Å². The fourth-order valence-corrected chi connectivity index (χ4v) is 2.32. The summed E-state index contributed by atoms with van der Waals surface area (Å²) in [5, 5.41) is 2.65. The minimum absolute atomic E-state index is 0.189. The van der Waals surface area contributed by atoms with Gasteiger partial charge in [0.2, 0.25) is 0 Å². The van der Waals surface area contributed by atoms with Crippen LogP contribution in [0.25, 0.3) is 0 Å². The molecule has 1 amide bonds. The first-order chi connectivity index (χ1) is 9.91. The van der Waals surface area contributed by atoms with Crippen LogP contribution in [-0.2, 0) is 9.84 Å². The summed E-state index contributed by atoms with van der Waals surface area (Å²) >= 11 is 0. The Morgan fingerprint density at radius 2 is 1.86 bits per heavy atom. The minimum atomic E-state index is -3.26. The average molecular weight is 306 g/mol. The fourth-order valence-electron chi connectivity index (χ4n) is 1.69. The third-order valence-electron chi connectivity index (χ3n) is 2.76. The van der Waals surface area contributed by atoms with Crippen LogP contribution in [0.15, 0.2) is 47.6 Å². The Morgan fingerprint density at radius 3 is 2.43 bits per heavy atom. The lowest BCUT2D eigenvalue weighted by atomic mass is 10.2. The summed E-state index contributed by atoms with van der Waals surface area (Å²) in [5.41, 5.74) is 3.59. The lowest BCUT2D eigenvalue weighted by Gasteiger charge is -2.09. The Labute approximate surface area is 122 Å². The minimum Gasteiger partial charge on any atom is -0.322 e. The molecule has 0 fully saturated rings. The molecular formula is C13H14N4O3S. The van der Waals surface area contributed by atoms with Gasteiger partial charge in [0.25, 0.3) is 5.91 Å². The van der Waals surface area contributed by atoms with Crippen LogP contribution in [0.3, 0.4) is 0 Å². The Balaban J connectivity index is 2.20. The summed E-state index contributed by atoms with van der Waals surface area (Å²) in [7, 11) is -3.26. The normalized spacial score (nSPS) is 11.0. The topological polar surface area (TPSA) is 114 Å². The predicted octanol–water partition coefficient (Wildman–Crippen LogP) is 1.02. The third kappa shape index (κ3) is 3.56. The van der Waals surface area contributed by atoms with Crippen LogP contribution < -0.4 is 16.6 Å². The van der Waals surface area contributed by atoms with E-state index in [2.05, 4.69) is 15.7 Å². The highest BCUT2D eigenvalue weighted by atomic mass is 32.2. The number of carbonyl (C=O) groups is 1. The van der Waals surface area contributed by atoms with Crippen molar-refractivity contribution in [3.63, 3.8) is 0 Å². The number of sulfone groups is 1. The number of nitrogens with two attached hydrogens (primary N) is 1. The molecule has 0 bridgehead atoms. The van der Waals surface area contributed by atoms with E-state index in [4.69, 9.17) is 5.84 Å². The largest absolute Gasteiger partial charge is 0.322 e. The second-order valence-corrected chi connectivity index (χ2v) is 6.33. The number of nitrogens with one attached hydrogen (secondary N) is 2. The maximum atomic E-state index is 12.1. The van der Waals surface area contributed by atoms with Gasteiger partial charge in [0.05, 0.1) is 22.3 Å². The number of hydrogen-bond donors (Lipinski definition) is 3. The van der Waals surface area contributed by atoms with E-state index in [0.717, 1.165) is 6.26 Å². The fraction of sp³-hybridized carbons (Fsp3) is 0.0769. The quantitative estimate of drug-likeness (QED) is 0.574. The molecule has 2 rings (SSSR count). The van der Waals surface area contributed by atoms with Gasteiger partial charge in [-0.25, -0.2) is 8.42 Å². The van der Waals surface area contributed by atoms with Crippen molar-refractivity contribution in [1.29, 1.82) is 0 Å². The number of hydrazine groups is 1. The number of nitrogen functional groups attached to an aromatic ring is 1. The van der Waals surface area contributed by atoms with Gasteiger partial charge in [0.1, 0.15) is 0 Å². The number of anilines is 2. The first-order valence-electron chi connectivity index (χ1n) is 5.94. The van der Waals surface area contributed by atoms with E-state index in [1.165, 1.54) is 42.7 Å². The lowest BCUT2D eigenvalue weighted by Crippen LogP contribution is -2.17. The lowest BCUT2D eigenvalue weighted by molar-refractivity contribution is 0.102. The van der Waals surface area contributed by atoms with Crippen LogP contribution in [-0.4, -0.2) is 25.6 Å². The van der Waals surface area contributed by atoms with Crippen molar-refractivity contribution >= 4 is 27.1 Å². The van der Waals surface area contributed by atoms with Crippen LogP contribution in [0.5, 0.6) is 0 Å². The van der Waals surface area contributed by atoms with Gasteiger partial charge in [-0.2, -0.15) is 0 Å². The number of benzene rings is 1. The monoisotopic (exact) mass is 306 g/mol. The SMILES string of the molecule is CS(=O)(=O)c1ccc(NC(=O)c2ccncc2NN)cc1. The van der Waals surface area contributed by atoms with Crippen LogP contribution in [0, 0.1) is 0 Å². The molecule has 110 valence electrons. The van der Waals surface area contributed by atoms with Gasteiger partial charge < -0.3 is 10.7 Å². The van der Waals surface area contributed by atoms with E-state index in [1.54, 1.807) is 0 Å². The molecule has 0 atom stereocenters. The predicted molar refractivity (Wildman–Crippen MR) is 79.6 cm³/mol. The van der Waals surface area contributed by atoms with Crippen molar-refractivity contribution in [1.82, 2.24) is 4.98 Å². The Hall–Kier alpha value is -2.45. The standard InChI is InChI=1S/C13H14N4O3S/c1-21(19,20)10-4-2-9(3-5-10)16-13(18)11-6-7-15-8-12(11)17-14/h2-8,17H,14H2,1H3,(H,16,18). The van der Waals surface area contributed by atoms with Gasteiger partial charge in [0, 0.05) is 18.1 Å². The molecule has 0 unspecified atom stereocenters. The summed E-state index contributed by atoms with van der Waals surface area (Å²) in [6.07, 6.45) is 4.03. The molecule has 0 aliphatic carbocycles. The van der Waals surface area contributed by atoms with Crippen molar-refractivity contribution in [3.05, 3.63) is 48.3 Å². The van der Waals surface area contributed by atoms with E-state index < -0.39 is 9.84 Å². The summed E-state index contributed by atoms with van der Waals surface area (Å²) in [6.45, 7) is 0. The van der Waals surface area contributed by atoms with Gasteiger partial charge in [-0.05, 0) is 30.3 Å². The molecule has 0 saturated carbocycles. The highest BCUT2D eigenvalue weighted by molar-refractivity contribution is 7.90. The maximum absolute atomic E-state index is 12.1. The van der Waals surface area contributed by atoms with Crippen molar-refractivity contribution in [3.8, 4) is 0 Å². The third-order valence-corrected chi connectivity index (χ3v) is 3.89. The van der Waals surface area contributed by atoms with Crippen molar-refractivity contribution in [2.45, 2.75) is 4.90 Å². The number of carbonyl (C=O) groups excluding carboxylic acids is 1. The average Bonchev–Trinajstić information content (AvgIpc) is 2.46. The zero-order valence-electron chi connectivity index (χ0n) is 11.2. The van der Waals surface area contributed by atoms with E-state index in [1.807, 2.05) is 0 Å². The van der Waals surface area contributed by atoms with Gasteiger partial charge in [0.15, 0.2) is 9.84 Å². The molecule has 0 aliphatic rings. The Morgan fingerprint density at radius 1 is 1.19 bits per heavy atom. The van der Waals surface area contributed by atoms with Gasteiger partial charge in [-0.1, -0.05) is 0 Å². The molecule has 1 aromatic heterocycles. The smallest absolute Gasteiger partial charge is 0.257 e. The second-order valence-electron chi connectivity index (χ2n) is 4.32. The van der Waals surface area contributed by atoms with E-state index in [9.17, 15) is 13.2 Å². The molecular weight excluding hydrogens is 292 g/mol. The molecule has 0 saturated heterocycles. The van der Waals surface area contributed by atoms with Gasteiger partial charge in [-0.15, -0.1) is 0 Å². The molecule has 4 N–H and O–H groups in total. The highest BCUT2D eigenvalue weighted by Crippen LogP contribution is 2.17. The van der Waals surface area contributed by atoms with Crippen LogP contribution in [0.4, 0.5) is 11.4 Å². The summed E-state index contributed by atoms with van der Waals surface area (Å²) in [6, 6.07) is 7.42. The van der Waals surface area contributed by atoms with Crippen molar-refractivity contribution in [2.24, 2.45) is 5.84 Å². The first kappa shape index (κ1) is 14.9.